The van der Waals surface area contributed by atoms with Gasteiger partial charge in [-0.3, -0.25) is 9.59 Å². The lowest BCUT2D eigenvalue weighted by atomic mass is 9.74. The molecule has 0 spiro atoms. The van der Waals surface area contributed by atoms with E-state index >= 15 is 0 Å². The van der Waals surface area contributed by atoms with Gasteiger partial charge >= 0.3 is 5.97 Å². The Hall–Kier alpha value is -1.10. The molecular formula is C13H26N2O3. The van der Waals surface area contributed by atoms with Crippen molar-refractivity contribution in [2.45, 2.75) is 59.5 Å². The molecular weight excluding hydrogens is 232 g/mol. The molecule has 0 aliphatic heterocycles. The number of nitrogens with zero attached hydrogens (tertiary/aromatic N) is 1. The van der Waals surface area contributed by atoms with Crippen LogP contribution in [0.5, 0.6) is 0 Å². The van der Waals surface area contributed by atoms with Gasteiger partial charge in [0, 0.05) is 18.1 Å². The van der Waals surface area contributed by atoms with Crippen molar-refractivity contribution >= 4 is 11.9 Å². The quantitative estimate of drug-likeness (QED) is 0.755. The Morgan fingerprint density at radius 2 is 1.67 bits per heavy atom. The van der Waals surface area contributed by atoms with Gasteiger partial charge in [-0.25, -0.2) is 0 Å². The molecule has 0 heterocycles. The van der Waals surface area contributed by atoms with Crippen LogP contribution in [0.3, 0.4) is 0 Å². The van der Waals surface area contributed by atoms with Crippen molar-refractivity contribution in [3.8, 4) is 0 Å². The van der Waals surface area contributed by atoms with Crippen LogP contribution in [0.25, 0.3) is 0 Å². The smallest absolute Gasteiger partial charge is 0.305 e. The maximum absolute atomic E-state index is 12.5. The van der Waals surface area contributed by atoms with Gasteiger partial charge < -0.3 is 15.7 Å². The van der Waals surface area contributed by atoms with E-state index < -0.39 is 16.9 Å². The van der Waals surface area contributed by atoms with E-state index in [2.05, 4.69) is 0 Å². The predicted molar refractivity (Wildman–Crippen MR) is 71.1 cm³/mol. The highest BCUT2D eigenvalue weighted by Crippen LogP contribution is 2.31. The third-order valence-electron chi connectivity index (χ3n) is 3.60. The molecule has 0 aromatic rings. The standard InChI is InChI=1S/C13H26N2O3/c1-9(2)15(8-7-10(16)17)11(18)12(3,4)13(5,6)14/h9H,7-8,14H2,1-6H3,(H,16,17). The van der Waals surface area contributed by atoms with E-state index in [9.17, 15) is 9.59 Å². The average Bonchev–Trinajstić information content (AvgIpc) is 2.14. The zero-order valence-corrected chi connectivity index (χ0v) is 12.3. The molecule has 0 bridgehead atoms. The lowest BCUT2D eigenvalue weighted by Crippen LogP contribution is -2.57. The lowest BCUT2D eigenvalue weighted by Gasteiger charge is -2.42. The van der Waals surface area contributed by atoms with Gasteiger partial charge in [-0.2, -0.15) is 0 Å². The number of carboxylic acids is 1. The van der Waals surface area contributed by atoms with Gasteiger partial charge in [0.25, 0.3) is 0 Å². The SMILES string of the molecule is CC(C)N(CCC(=O)O)C(=O)C(C)(C)C(C)(C)N. The minimum Gasteiger partial charge on any atom is -0.481 e. The zero-order chi connectivity index (χ0) is 14.7. The van der Waals surface area contributed by atoms with E-state index in [1.165, 1.54) is 0 Å². The summed E-state index contributed by atoms with van der Waals surface area (Å²) < 4.78 is 0. The molecule has 0 aromatic heterocycles. The molecule has 0 aliphatic carbocycles. The van der Waals surface area contributed by atoms with Crippen molar-refractivity contribution in [2.24, 2.45) is 11.1 Å². The molecule has 0 unspecified atom stereocenters. The summed E-state index contributed by atoms with van der Waals surface area (Å²) in [6, 6.07) is -0.0431. The number of hydrogen-bond acceptors (Lipinski definition) is 3. The highest BCUT2D eigenvalue weighted by Gasteiger charge is 2.43. The molecule has 0 atom stereocenters. The normalized spacial score (nSPS) is 12.7. The number of rotatable bonds is 6. The van der Waals surface area contributed by atoms with Crippen LogP contribution < -0.4 is 5.73 Å². The number of carbonyl (C=O) groups excluding carboxylic acids is 1. The number of amides is 1. The molecule has 0 aliphatic rings. The first-order valence-electron chi connectivity index (χ1n) is 6.23. The molecule has 0 rings (SSSR count). The number of hydrogen-bond donors (Lipinski definition) is 2. The van der Waals surface area contributed by atoms with Gasteiger partial charge in [-0.15, -0.1) is 0 Å². The van der Waals surface area contributed by atoms with E-state index in [1.54, 1.807) is 32.6 Å². The van der Waals surface area contributed by atoms with Crippen LogP contribution in [0.15, 0.2) is 0 Å². The second kappa shape index (κ2) is 5.69. The van der Waals surface area contributed by atoms with E-state index in [0.29, 0.717) is 0 Å². The van der Waals surface area contributed by atoms with Crippen LogP contribution in [-0.2, 0) is 9.59 Å². The van der Waals surface area contributed by atoms with E-state index in [1.807, 2.05) is 13.8 Å². The molecule has 0 saturated heterocycles. The topological polar surface area (TPSA) is 83.6 Å². The molecule has 5 nitrogen and oxygen atoms in total. The summed E-state index contributed by atoms with van der Waals surface area (Å²) in [5.41, 5.74) is 4.64. The first kappa shape index (κ1) is 16.9. The van der Waals surface area contributed by atoms with Crippen molar-refractivity contribution < 1.29 is 14.7 Å². The van der Waals surface area contributed by atoms with E-state index in [0.717, 1.165) is 0 Å². The van der Waals surface area contributed by atoms with Gasteiger partial charge in [0.2, 0.25) is 5.91 Å². The fourth-order valence-corrected chi connectivity index (χ4v) is 1.44. The van der Waals surface area contributed by atoms with Crippen LogP contribution in [-0.4, -0.2) is 40.0 Å². The third-order valence-corrected chi connectivity index (χ3v) is 3.60. The second-order valence-corrected chi connectivity index (χ2v) is 6.08. The van der Waals surface area contributed by atoms with E-state index in [-0.39, 0.29) is 24.9 Å². The van der Waals surface area contributed by atoms with E-state index in [4.69, 9.17) is 10.8 Å². The molecule has 5 heteroatoms. The van der Waals surface area contributed by atoms with Gasteiger partial charge in [0.05, 0.1) is 11.8 Å². The highest BCUT2D eigenvalue weighted by atomic mass is 16.4. The molecule has 3 N–H and O–H groups in total. The monoisotopic (exact) mass is 258 g/mol. The second-order valence-electron chi connectivity index (χ2n) is 6.08. The predicted octanol–water partition coefficient (Wildman–Crippen LogP) is 1.46. The fraction of sp³-hybridized carbons (Fsp3) is 0.846. The summed E-state index contributed by atoms with van der Waals surface area (Å²) >= 11 is 0. The Balaban J connectivity index is 5.04. The maximum Gasteiger partial charge on any atom is 0.305 e. The number of aliphatic carboxylic acids is 1. The minimum absolute atomic E-state index is 0.0431. The maximum atomic E-state index is 12.5. The molecule has 0 fully saturated rings. The van der Waals surface area contributed by atoms with Gasteiger partial charge in [-0.1, -0.05) is 0 Å². The Kier molecular flexibility index (Phi) is 5.35. The summed E-state index contributed by atoms with van der Waals surface area (Å²) in [4.78, 5) is 24.7. The summed E-state index contributed by atoms with van der Waals surface area (Å²) in [5, 5.41) is 8.73. The van der Waals surface area contributed by atoms with Crippen LogP contribution in [0.1, 0.15) is 48.0 Å². The van der Waals surface area contributed by atoms with Crippen molar-refractivity contribution in [3.05, 3.63) is 0 Å². The third kappa shape index (κ3) is 3.98. The van der Waals surface area contributed by atoms with Gasteiger partial charge in [-0.05, 0) is 41.5 Å². The molecule has 106 valence electrons. The molecule has 0 aromatic carbocycles. The Labute approximate surface area is 109 Å². The average molecular weight is 258 g/mol. The zero-order valence-electron chi connectivity index (χ0n) is 12.3. The number of nitrogens with two attached hydrogens (primary N) is 1. The Bertz CT molecular complexity index is 317. The molecule has 0 saturated carbocycles. The van der Waals surface area contributed by atoms with Crippen molar-refractivity contribution in [1.82, 2.24) is 4.90 Å². The van der Waals surface area contributed by atoms with Crippen molar-refractivity contribution in [1.29, 1.82) is 0 Å². The minimum atomic E-state index is -0.904. The van der Waals surface area contributed by atoms with Crippen molar-refractivity contribution in [2.75, 3.05) is 6.54 Å². The van der Waals surface area contributed by atoms with Crippen LogP contribution in [0.2, 0.25) is 0 Å². The summed E-state index contributed by atoms with van der Waals surface area (Å²) in [5.74, 6) is -1.01. The molecule has 1 amide bonds. The summed E-state index contributed by atoms with van der Waals surface area (Å²) in [7, 11) is 0. The number of carboxylic acid groups (broad SMARTS) is 1. The van der Waals surface area contributed by atoms with Crippen LogP contribution in [0.4, 0.5) is 0 Å². The summed E-state index contributed by atoms with van der Waals surface area (Å²) in [6.07, 6.45) is -0.0506. The van der Waals surface area contributed by atoms with Crippen molar-refractivity contribution in [3.63, 3.8) is 0 Å². The molecule has 0 radical (unpaired) electrons. The Morgan fingerprint density at radius 1 is 1.22 bits per heavy atom. The van der Waals surface area contributed by atoms with Crippen LogP contribution in [0, 0.1) is 5.41 Å². The summed E-state index contributed by atoms with van der Waals surface area (Å²) in [6.45, 7) is 11.2. The first-order chi connectivity index (χ1) is 7.91. The Morgan fingerprint density at radius 3 is 1.94 bits per heavy atom. The lowest BCUT2D eigenvalue weighted by molar-refractivity contribution is -0.146. The van der Waals surface area contributed by atoms with Crippen LogP contribution >= 0.6 is 0 Å². The molecule has 18 heavy (non-hydrogen) atoms. The first-order valence-corrected chi connectivity index (χ1v) is 6.23. The number of carbonyl (C=O) groups is 2. The highest BCUT2D eigenvalue weighted by molar-refractivity contribution is 5.84. The van der Waals surface area contributed by atoms with Gasteiger partial charge in [0.1, 0.15) is 0 Å². The largest absolute Gasteiger partial charge is 0.481 e. The fourth-order valence-electron chi connectivity index (χ4n) is 1.44. The van der Waals surface area contributed by atoms with Gasteiger partial charge in [0.15, 0.2) is 0 Å².